The Labute approximate surface area is 159 Å². The van der Waals surface area contributed by atoms with Crippen molar-refractivity contribution < 1.29 is 4.79 Å². The van der Waals surface area contributed by atoms with Crippen LogP contribution in [0.2, 0.25) is 0 Å². The van der Waals surface area contributed by atoms with Gasteiger partial charge < -0.3 is 10.6 Å². The van der Waals surface area contributed by atoms with Crippen LogP contribution in [0, 0.1) is 13.8 Å². The van der Waals surface area contributed by atoms with Crippen LogP contribution in [0.25, 0.3) is 0 Å². The number of hydrogen-bond donors (Lipinski definition) is 2. The minimum absolute atomic E-state index is 0.234. The first-order chi connectivity index (χ1) is 13.1. The predicted octanol–water partition coefficient (Wildman–Crippen LogP) is 4.39. The molecule has 2 N–H and O–H groups in total. The second kappa shape index (κ2) is 8.94. The van der Waals surface area contributed by atoms with Gasteiger partial charge >= 0.3 is 0 Å². The van der Waals surface area contributed by atoms with Gasteiger partial charge in [-0.05, 0) is 49.4 Å². The fourth-order valence-corrected chi connectivity index (χ4v) is 2.90. The van der Waals surface area contributed by atoms with Crippen molar-refractivity contribution in [2.75, 3.05) is 17.2 Å². The van der Waals surface area contributed by atoms with Gasteiger partial charge in [0, 0.05) is 18.4 Å². The fourth-order valence-electron chi connectivity index (χ4n) is 2.90. The van der Waals surface area contributed by atoms with Crippen LogP contribution in [0.3, 0.4) is 0 Å². The molecule has 0 fully saturated rings. The molecule has 0 bridgehead atoms. The summed E-state index contributed by atoms with van der Waals surface area (Å²) in [5.41, 5.74) is 4.53. The van der Waals surface area contributed by atoms with Crippen molar-refractivity contribution in [3.8, 4) is 0 Å². The molecule has 1 aromatic heterocycles. The number of carbonyl (C=O) groups is 1. The molecule has 0 saturated carbocycles. The number of para-hydroxylation sites is 1. The van der Waals surface area contributed by atoms with Gasteiger partial charge in [-0.1, -0.05) is 48.5 Å². The number of carbonyl (C=O) groups excluding carboxylic acids is 1. The standard InChI is InChI=1S/C22H24N4O/c1-16-8-6-9-17(2)20(16)26-21(27)19-13-15-24-22(25-19)23-14-7-12-18-10-4-3-5-11-18/h3-6,8-11,13,15H,7,12,14H2,1-2H3,(H,26,27)(H,23,24,25). The van der Waals surface area contributed by atoms with E-state index in [1.165, 1.54) is 5.56 Å². The zero-order chi connectivity index (χ0) is 19.1. The summed E-state index contributed by atoms with van der Waals surface area (Å²) >= 11 is 0. The summed E-state index contributed by atoms with van der Waals surface area (Å²) in [6.45, 7) is 4.70. The number of anilines is 2. The summed E-state index contributed by atoms with van der Waals surface area (Å²) in [6.07, 6.45) is 3.55. The van der Waals surface area contributed by atoms with Gasteiger partial charge in [-0.15, -0.1) is 0 Å². The van der Waals surface area contributed by atoms with E-state index in [2.05, 4.69) is 32.7 Å². The van der Waals surface area contributed by atoms with Gasteiger partial charge in [-0.25, -0.2) is 9.97 Å². The molecular weight excluding hydrogens is 336 g/mol. The molecule has 0 atom stereocenters. The second-order valence-corrected chi connectivity index (χ2v) is 6.50. The van der Waals surface area contributed by atoms with E-state index in [-0.39, 0.29) is 5.91 Å². The predicted molar refractivity (Wildman–Crippen MR) is 109 cm³/mol. The van der Waals surface area contributed by atoms with Crippen LogP contribution in [0.5, 0.6) is 0 Å². The molecule has 0 aliphatic heterocycles. The quantitative estimate of drug-likeness (QED) is 0.613. The molecule has 0 aliphatic rings. The number of aryl methyl sites for hydroxylation is 3. The first-order valence-electron chi connectivity index (χ1n) is 9.12. The summed E-state index contributed by atoms with van der Waals surface area (Å²) in [7, 11) is 0. The molecule has 0 aliphatic carbocycles. The van der Waals surface area contributed by atoms with E-state index in [0.717, 1.165) is 36.2 Å². The molecule has 2 aromatic carbocycles. The Morgan fingerprint density at radius 1 is 0.963 bits per heavy atom. The maximum atomic E-state index is 12.6. The molecule has 0 unspecified atom stereocenters. The zero-order valence-corrected chi connectivity index (χ0v) is 15.7. The summed E-state index contributed by atoms with van der Waals surface area (Å²) in [4.78, 5) is 21.1. The van der Waals surface area contributed by atoms with Crippen molar-refractivity contribution >= 4 is 17.5 Å². The van der Waals surface area contributed by atoms with Gasteiger partial charge in [0.05, 0.1) is 0 Å². The first-order valence-corrected chi connectivity index (χ1v) is 9.12. The summed E-state index contributed by atoms with van der Waals surface area (Å²) in [5, 5.41) is 6.15. The Balaban J connectivity index is 1.57. The van der Waals surface area contributed by atoms with E-state index >= 15 is 0 Å². The molecule has 1 heterocycles. The molecule has 1 amide bonds. The number of benzene rings is 2. The molecule has 0 saturated heterocycles. The van der Waals surface area contributed by atoms with E-state index in [4.69, 9.17) is 0 Å². The third kappa shape index (κ3) is 5.14. The summed E-state index contributed by atoms with van der Waals surface area (Å²) in [5.74, 6) is 0.236. The number of aromatic nitrogens is 2. The van der Waals surface area contributed by atoms with Crippen LogP contribution in [0.15, 0.2) is 60.8 Å². The van der Waals surface area contributed by atoms with Crippen molar-refractivity contribution in [3.05, 3.63) is 83.2 Å². The zero-order valence-electron chi connectivity index (χ0n) is 15.7. The highest BCUT2D eigenvalue weighted by Gasteiger charge is 2.12. The highest BCUT2D eigenvalue weighted by Crippen LogP contribution is 2.20. The number of hydrogen-bond acceptors (Lipinski definition) is 4. The Bertz CT molecular complexity index is 889. The van der Waals surface area contributed by atoms with E-state index in [1.807, 2.05) is 50.2 Å². The normalized spacial score (nSPS) is 10.4. The molecule has 3 rings (SSSR count). The molecule has 138 valence electrons. The lowest BCUT2D eigenvalue weighted by atomic mass is 10.1. The topological polar surface area (TPSA) is 66.9 Å². The van der Waals surface area contributed by atoms with Crippen LogP contribution in [-0.4, -0.2) is 22.4 Å². The third-order valence-electron chi connectivity index (χ3n) is 4.38. The highest BCUT2D eigenvalue weighted by molar-refractivity contribution is 6.03. The Kier molecular flexibility index (Phi) is 6.15. The average Bonchev–Trinajstić information content (AvgIpc) is 2.69. The average molecular weight is 360 g/mol. The minimum atomic E-state index is -0.234. The molecule has 5 heteroatoms. The first kappa shape index (κ1) is 18.6. The monoisotopic (exact) mass is 360 g/mol. The van der Waals surface area contributed by atoms with E-state index < -0.39 is 0 Å². The SMILES string of the molecule is Cc1cccc(C)c1NC(=O)c1ccnc(NCCCc2ccccc2)n1. The number of nitrogens with one attached hydrogen (secondary N) is 2. The van der Waals surface area contributed by atoms with E-state index in [9.17, 15) is 4.79 Å². The molecule has 3 aromatic rings. The third-order valence-corrected chi connectivity index (χ3v) is 4.38. The number of nitrogens with zero attached hydrogens (tertiary/aromatic N) is 2. The summed E-state index contributed by atoms with van der Waals surface area (Å²) < 4.78 is 0. The Morgan fingerprint density at radius 2 is 1.70 bits per heavy atom. The summed E-state index contributed by atoms with van der Waals surface area (Å²) in [6, 6.07) is 17.9. The lowest BCUT2D eigenvalue weighted by molar-refractivity contribution is 0.102. The van der Waals surface area contributed by atoms with E-state index in [0.29, 0.717) is 11.6 Å². The van der Waals surface area contributed by atoms with Crippen LogP contribution in [0.4, 0.5) is 11.6 Å². The van der Waals surface area contributed by atoms with Gasteiger partial charge in [0.2, 0.25) is 5.95 Å². The van der Waals surface area contributed by atoms with Crippen molar-refractivity contribution in [1.29, 1.82) is 0 Å². The Hall–Kier alpha value is -3.21. The van der Waals surface area contributed by atoms with Crippen molar-refractivity contribution in [2.24, 2.45) is 0 Å². The molecule has 5 nitrogen and oxygen atoms in total. The van der Waals surface area contributed by atoms with Gasteiger partial charge in [-0.2, -0.15) is 0 Å². The molecule has 27 heavy (non-hydrogen) atoms. The lowest BCUT2D eigenvalue weighted by Crippen LogP contribution is -2.17. The van der Waals surface area contributed by atoms with Crippen molar-refractivity contribution in [2.45, 2.75) is 26.7 Å². The van der Waals surface area contributed by atoms with Crippen molar-refractivity contribution in [1.82, 2.24) is 9.97 Å². The largest absolute Gasteiger partial charge is 0.354 e. The highest BCUT2D eigenvalue weighted by atomic mass is 16.1. The smallest absolute Gasteiger partial charge is 0.274 e. The maximum absolute atomic E-state index is 12.6. The molecule has 0 spiro atoms. The Morgan fingerprint density at radius 3 is 2.44 bits per heavy atom. The second-order valence-electron chi connectivity index (χ2n) is 6.50. The fraction of sp³-hybridized carbons (Fsp3) is 0.227. The maximum Gasteiger partial charge on any atom is 0.274 e. The van der Waals surface area contributed by atoms with Crippen LogP contribution in [-0.2, 0) is 6.42 Å². The van der Waals surface area contributed by atoms with Gasteiger partial charge in [0.15, 0.2) is 0 Å². The molecule has 0 radical (unpaired) electrons. The number of rotatable bonds is 7. The van der Waals surface area contributed by atoms with Gasteiger partial charge in [-0.3, -0.25) is 4.79 Å². The van der Waals surface area contributed by atoms with Gasteiger partial charge in [0.1, 0.15) is 5.69 Å². The lowest BCUT2D eigenvalue weighted by Gasteiger charge is -2.11. The van der Waals surface area contributed by atoms with Crippen LogP contribution in [0.1, 0.15) is 33.6 Å². The molecular formula is C22H24N4O. The number of amides is 1. The minimum Gasteiger partial charge on any atom is -0.354 e. The van der Waals surface area contributed by atoms with E-state index in [1.54, 1.807) is 12.3 Å². The van der Waals surface area contributed by atoms with Gasteiger partial charge in [0.25, 0.3) is 5.91 Å². The van der Waals surface area contributed by atoms with Crippen LogP contribution < -0.4 is 10.6 Å². The van der Waals surface area contributed by atoms with Crippen LogP contribution >= 0.6 is 0 Å². The van der Waals surface area contributed by atoms with Crippen molar-refractivity contribution in [3.63, 3.8) is 0 Å².